The lowest BCUT2D eigenvalue weighted by Crippen LogP contribution is -2.42. The molecule has 1 fully saturated rings. The number of nitrogens with zero attached hydrogens (tertiary/aromatic N) is 3. The lowest BCUT2D eigenvalue weighted by Gasteiger charge is -2.30. The van der Waals surface area contributed by atoms with Gasteiger partial charge in [0, 0.05) is 43.7 Å². The van der Waals surface area contributed by atoms with Crippen molar-refractivity contribution in [2.45, 2.75) is 38.3 Å². The van der Waals surface area contributed by atoms with Crippen molar-refractivity contribution in [2.24, 2.45) is 18.7 Å². The SMILES string of the molecule is Cc1ccccc1Cc1c(C)nc(SCC(=O)N2CCC(C(N)=O)CC2)n(C)c1=O. The van der Waals surface area contributed by atoms with E-state index in [1.165, 1.54) is 16.3 Å². The molecule has 3 rings (SSSR count). The van der Waals surface area contributed by atoms with E-state index in [4.69, 9.17) is 5.73 Å². The Bertz CT molecular complexity index is 1010. The first-order chi connectivity index (χ1) is 14.3. The maximum Gasteiger partial charge on any atom is 0.257 e. The van der Waals surface area contributed by atoms with Crippen LogP contribution in [-0.4, -0.2) is 45.1 Å². The topological polar surface area (TPSA) is 98.3 Å². The van der Waals surface area contributed by atoms with E-state index in [0.29, 0.717) is 48.8 Å². The molecule has 2 aromatic rings. The van der Waals surface area contributed by atoms with E-state index in [1.54, 1.807) is 11.9 Å². The number of nitrogens with two attached hydrogens (primary N) is 1. The van der Waals surface area contributed by atoms with Crippen molar-refractivity contribution in [3.63, 3.8) is 0 Å². The predicted molar refractivity (Wildman–Crippen MR) is 117 cm³/mol. The molecule has 0 radical (unpaired) electrons. The smallest absolute Gasteiger partial charge is 0.257 e. The van der Waals surface area contributed by atoms with Gasteiger partial charge in [-0.3, -0.25) is 19.0 Å². The highest BCUT2D eigenvalue weighted by molar-refractivity contribution is 7.99. The number of hydrogen-bond acceptors (Lipinski definition) is 5. The number of carbonyl (C=O) groups excluding carboxylic acids is 2. The van der Waals surface area contributed by atoms with E-state index < -0.39 is 0 Å². The van der Waals surface area contributed by atoms with E-state index in [1.807, 2.05) is 38.1 Å². The molecular weight excluding hydrogens is 400 g/mol. The van der Waals surface area contributed by atoms with Crippen molar-refractivity contribution in [1.82, 2.24) is 14.5 Å². The summed E-state index contributed by atoms with van der Waals surface area (Å²) in [5, 5.41) is 0.534. The molecule has 1 aromatic heterocycles. The van der Waals surface area contributed by atoms with E-state index in [0.717, 1.165) is 11.1 Å². The Morgan fingerprint density at radius 1 is 1.20 bits per heavy atom. The van der Waals surface area contributed by atoms with Gasteiger partial charge >= 0.3 is 0 Å². The third-order valence-corrected chi connectivity index (χ3v) is 6.77. The van der Waals surface area contributed by atoms with Gasteiger partial charge in [-0.1, -0.05) is 36.0 Å². The standard InChI is InChI=1S/C22H28N4O3S/c1-14-6-4-5-7-17(14)12-18-15(2)24-22(25(3)21(18)29)30-13-19(27)26-10-8-16(9-11-26)20(23)28/h4-7,16H,8-13H2,1-3H3,(H2,23,28). The monoisotopic (exact) mass is 428 g/mol. The summed E-state index contributed by atoms with van der Waals surface area (Å²) in [5.41, 5.74) is 8.89. The number of primary amides is 1. The number of hydrogen-bond donors (Lipinski definition) is 1. The van der Waals surface area contributed by atoms with Gasteiger partial charge in [0.1, 0.15) is 0 Å². The lowest BCUT2D eigenvalue weighted by molar-refractivity contribution is -0.132. The van der Waals surface area contributed by atoms with Crippen LogP contribution in [0.25, 0.3) is 0 Å². The molecule has 1 saturated heterocycles. The summed E-state index contributed by atoms with van der Waals surface area (Å²) >= 11 is 1.27. The van der Waals surface area contributed by atoms with E-state index in [-0.39, 0.29) is 29.0 Å². The number of benzene rings is 1. The summed E-state index contributed by atoms with van der Waals surface area (Å²) in [6.07, 6.45) is 1.75. The Labute approximate surface area is 180 Å². The molecular formula is C22H28N4O3S. The number of aromatic nitrogens is 2. The van der Waals surface area contributed by atoms with Gasteiger partial charge in [-0.05, 0) is 37.8 Å². The second kappa shape index (κ2) is 9.47. The zero-order valence-electron chi connectivity index (χ0n) is 17.7. The number of rotatable bonds is 6. The van der Waals surface area contributed by atoms with Crippen LogP contribution in [0.2, 0.25) is 0 Å². The Morgan fingerprint density at radius 2 is 1.87 bits per heavy atom. The van der Waals surface area contributed by atoms with Gasteiger partial charge in [-0.2, -0.15) is 0 Å². The molecule has 30 heavy (non-hydrogen) atoms. The zero-order chi connectivity index (χ0) is 21.8. The van der Waals surface area contributed by atoms with Gasteiger partial charge < -0.3 is 10.6 Å². The summed E-state index contributed by atoms with van der Waals surface area (Å²) in [7, 11) is 1.70. The average Bonchev–Trinajstić information content (AvgIpc) is 2.73. The van der Waals surface area contributed by atoms with Gasteiger partial charge in [0.2, 0.25) is 11.8 Å². The van der Waals surface area contributed by atoms with E-state index in [9.17, 15) is 14.4 Å². The maximum absolute atomic E-state index is 12.9. The Kier molecular flexibility index (Phi) is 6.97. The number of thioether (sulfide) groups is 1. The average molecular weight is 429 g/mol. The minimum atomic E-state index is -0.295. The fourth-order valence-corrected chi connectivity index (χ4v) is 4.61. The van der Waals surface area contributed by atoms with Crippen molar-refractivity contribution < 1.29 is 9.59 Å². The molecule has 2 heterocycles. The highest BCUT2D eigenvalue weighted by atomic mass is 32.2. The van der Waals surface area contributed by atoms with Crippen molar-refractivity contribution in [1.29, 1.82) is 0 Å². The molecule has 2 N–H and O–H groups in total. The predicted octanol–water partition coefficient (Wildman–Crippen LogP) is 1.80. The molecule has 160 valence electrons. The normalized spacial score (nSPS) is 14.7. The van der Waals surface area contributed by atoms with Crippen LogP contribution >= 0.6 is 11.8 Å². The fraction of sp³-hybridized carbons (Fsp3) is 0.455. The number of piperidine rings is 1. The Balaban J connectivity index is 1.67. The second-order valence-electron chi connectivity index (χ2n) is 7.77. The van der Waals surface area contributed by atoms with Crippen LogP contribution < -0.4 is 11.3 Å². The Hall–Kier alpha value is -2.61. The van der Waals surface area contributed by atoms with Gasteiger partial charge in [0.15, 0.2) is 5.16 Å². The van der Waals surface area contributed by atoms with Crippen molar-refractivity contribution in [3.8, 4) is 0 Å². The highest BCUT2D eigenvalue weighted by Gasteiger charge is 2.26. The summed E-state index contributed by atoms with van der Waals surface area (Å²) in [4.78, 5) is 43.1. The fourth-order valence-electron chi connectivity index (χ4n) is 3.69. The molecule has 0 spiro atoms. The molecule has 0 unspecified atom stereocenters. The van der Waals surface area contributed by atoms with Crippen LogP contribution in [0.3, 0.4) is 0 Å². The maximum atomic E-state index is 12.9. The molecule has 0 aliphatic carbocycles. The molecule has 1 aliphatic heterocycles. The van der Waals surface area contributed by atoms with Gasteiger partial charge in [-0.25, -0.2) is 4.98 Å². The summed E-state index contributed by atoms with van der Waals surface area (Å²) in [5.74, 6) is -0.249. The molecule has 0 saturated carbocycles. The minimum absolute atomic E-state index is 0.0150. The van der Waals surface area contributed by atoms with Crippen LogP contribution in [-0.2, 0) is 23.1 Å². The van der Waals surface area contributed by atoms with Crippen LogP contribution in [0.15, 0.2) is 34.2 Å². The molecule has 0 bridgehead atoms. The van der Waals surface area contributed by atoms with E-state index >= 15 is 0 Å². The third kappa shape index (κ3) is 4.92. The van der Waals surface area contributed by atoms with Crippen molar-refractivity contribution in [2.75, 3.05) is 18.8 Å². The van der Waals surface area contributed by atoms with Crippen LogP contribution in [0.5, 0.6) is 0 Å². The molecule has 8 heteroatoms. The van der Waals surface area contributed by atoms with Gasteiger partial charge in [0.25, 0.3) is 5.56 Å². The first-order valence-corrected chi connectivity index (χ1v) is 11.1. The molecule has 0 atom stereocenters. The zero-order valence-corrected chi connectivity index (χ0v) is 18.5. The van der Waals surface area contributed by atoms with Crippen LogP contribution in [0.4, 0.5) is 0 Å². The van der Waals surface area contributed by atoms with E-state index in [2.05, 4.69) is 4.98 Å². The Morgan fingerprint density at radius 3 is 2.50 bits per heavy atom. The van der Waals surface area contributed by atoms with Crippen LogP contribution in [0.1, 0.15) is 35.2 Å². The summed E-state index contributed by atoms with van der Waals surface area (Å²) in [6.45, 7) is 4.95. The molecule has 7 nitrogen and oxygen atoms in total. The minimum Gasteiger partial charge on any atom is -0.369 e. The first kappa shape index (κ1) is 22.1. The second-order valence-corrected chi connectivity index (χ2v) is 8.71. The summed E-state index contributed by atoms with van der Waals surface area (Å²) < 4.78 is 1.53. The van der Waals surface area contributed by atoms with Crippen LogP contribution in [0, 0.1) is 19.8 Å². The molecule has 1 aliphatic rings. The van der Waals surface area contributed by atoms with Crippen molar-refractivity contribution >= 4 is 23.6 Å². The summed E-state index contributed by atoms with van der Waals surface area (Å²) in [6, 6.07) is 8.01. The first-order valence-electron chi connectivity index (χ1n) is 10.1. The molecule has 1 aromatic carbocycles. The number of aryl methyl sites for hydroxylation is 2. The highest BCUT2D eigenvalue weighted by Crippen LogP contribution is 2.21. The number of carbonyl (C=O) groups is 2. The van der Waals surface area contributed by atoms with Crippen molar-refractivity contribution in [3.05, 3.63) is 57.0 Å². The third-order valence-electron chi connectivity index (χ3n) is 5.75. The van der Waals surface area contributed by atoms with Gasteiger partial charge in [-0.15, -0.1) is 0 Å². The lowest BCUT2D eigenvalue weighted by atomic mass is 9.96. The quantitative estimate of drug-likeness (QED) is 0.559. The number of amides is 2. The largest absolute Gasteiger partial charge is 0.369 e. The molecule has 2 amide bonds. The number of likely N-dealkylation sites (tertiary alicyclic amines) is 1. The van der Waals surface area contributed by atoms with Gasteiger partial charge in [0.05, 0.1) is 5.75 Å².